The first kappa shape index (κ1) is 16.7. The minimum absolute atomic E-state index is 0.0632. The molecule has 2 heterocycles. The summed E-state index contributed by atoms with van der Waals surface area (Å²) in [7, 11) is 0. The maximum Gasteiger partial charge on any atom is 0.338 e. The molecule has 0 unspecified atom stereocenters. The molecule has 1 aliphatic heterocycles. The molecule has 0 bridgehead atoms. The first-order valence-corrected chi connectivity index (χ1v) is 7.66. The molecule has 1 amide bonds. The zero-order valence-corrected chi connectivity index (χ0v) is 13.8. The van der Waals surface area contributed by atoms with Gasteiger partial charge in [0.25, 0.3) is 5.91 Å². The molecule has 0 spiro atoms. The van der Waals surface area contributed by atoms with E-state index in [1.807, 2.05) is 12.1 Å². The van der Waals surface area contributed by atoms with Crippen molar-refractivity contribution in [2.24, 2.45) is 0 Å². The van der Waals surface area contributed by atoms with Crippen molar-refractivity contribution < 1.29 is 23.5 Å². The first-order chi connectivity index (χ1) is 12.0. The van der Waals surface area contributed by atoms with Crippen molar-refractivity contribution in [3.63, 3.8) is 0 Å². The molecule has 0 aliphatic carbocycles. The molecule has 0 radical (unpaired) electrons. The first-order valence-electron chi connectivity index (χ1n) is 7.66. The van der Waals surface area contributed by atoms with Crippen molar-refractivity contribution in [2.45, 2.75) is 27.1 Å². The van der Waals surface area contributed by atoms with Gasteiger partial charge < -0.3 is 13.9 Å². The van der Waals surface area contributed by atoms with E-state index in [4.69, 9.17) is 19.2 Å². The fraction of sp³-hybridized carbons (Fsp3) is 0.278. The summed E-state index contributed by atoms with van der Waals surface area (Å²) in [5, 5.41) is 11.6. The summed E-state index contributed by atoms with van der Waals surface area (Å²) in [6.07, 6.45) is 0. The van der Waals surface area contributed by atoms with Crippen LogP contribution in [0.25, 0.3) is 0 Å². The fourth-order valence-electron chi connectivity index (χ4n) is 2.53. The van der Waals surface area contributed by atoms with Gasteiger partial charge in [-0.3, -0.25) is 10.1 Å². The lowest BCUT2D eigenvalue weighted by atomic mass is 10.1. The Morgan fingerprint density at radius 3 is 2.80 bits per heavy atom. The predicted octanol–water partition coefficient (Wildman–Crippen LogP) is 2.59. The van der Waals surface area contributed by atoms with Crippen molar-refractivity contribution in [3.8, 4) is 6.07 Å². The number of nitriles is 1. The highest BCUT2D eigenvalue weighted by atomic mass is 16.5. The largest absolute Gasteiger partial charge is 0.452 e. The van der Waals surface area contributed by atoms with Crippen LogP contribution in [0.15, 0.2) is 22.6 Å². The van der Waals surface area contributed by atoms with E-state index in [1.165, 1.54) is 0 Å². The molecule has 0 saturated carbocycles. The number of rotatable bonds is 4. The highest BCUT2D eigenvalue weighted by Gasteiger charge is 2.19. The minimum atomic E-state index is -0.600. The highest BCUT2D eigenvalue weighted by molar-refractivity contribution is 5.95. The Labute approximate surface area is 144 Å². The number of amides is 1. The van der Waals surface area contributed by atoms with E-state index < -0.39 is 18.5 Å². The standard InChI is InChI=1S/C18H16N2O5/c1-10-11(2)25-17(15(10)6-19)20-16(21)9-24-18(22)12-3-4-13-7-23-8-14(13)5-12/h3-5H,7-9H2,1-2H3,(H,20,21). The van der Waals surface area contributed by atoms with Crippen LogP contribution < -0.4 is 5.32 Å². The minimum Gasteiger partial charge on any atom is -0.452 e. The molecule has 7 nitrogen and oxygen atoms in total. The summed E-state index contributed by atoms with van der Waals surface area (Å²) in [4.78, 5) is 24.0. The van der Waals surface area contributed by atoms with Gasteiger partial charge in [0.05, 0.1) is 18.8 Å². The maximum atomic E-state index is 12.1. The summed E-state index contributed by atoms with van der Waals surface area (Å²) in [5.74, 6) is -0.572. The number of aryl methyl sites for hydroxylation is 1. The lowest BCUT2D eigenvalue weighted by Crippen LogP contribution is -2.21. The van der Waals surface area contributed by atoms with Crippen LogP contribution in [0.4, 0.5) is 5.88 Å². The van der Waals surface area contributed by atoms with E-state index in [2.05, 4.69) is 5.32 Å². The fourth-order valence-corrected chi connectivity index (χ4v) is 2.53. The summed E-state index contributed by atoms with van der Waals surface area (Å²) < 4.78 is 15.7. The van der Waals surface area contributed by atoms with Gasteiger partial charge in [0.1, 0.15) is 17.4 Å². The Bertz CT molecular complexity index is 892. The SMILES string of the molecule is Cc1oc(NC(=O)COC(=O)c2ccc3c(c2)COC3)c(C#N)c1C. The third kappa shape index (κ3) is 3.39. The van der Waals surface area contributed by atoms with E-state index in [-0.39, 0.29) is 11.4 Å². The van der Waals surface area contributed by atoms with Crippen molar-refractivity contribution in [1.29, 1.82) is 5.26 Å². The van der Waals surface area contributed by atoms with Crippen LogP contribution in [-0.4, -0.2) is 18.5 Å². The summed E-state index contributed by atoms with van der Waals surface area (Å²) in [6, 6.07) is 7.13. The van der Waals surface area contributed by atoms with Crippen molar-refractivity contribution in [1.82, 2.24) is 0 Å². The number of carbonyl (C=O) groups is 2. The summed E-state index contributed by atoms with van der Waals surface area (Å²) in [6.45, 7) is 3.95. The molecule has 7 heteroatoms. The molecular weight excluding hydrogens is 324 g/mol. The molecule has 25 heavy (non-hydrogen) atoms. The van der Waals surface area contributed by atoms with Gasteiger partial charge in [-0.25, -0.2) is 4.79 Å². The van der Waals surface area contributed by atoms with Gasteiger partial charge in [0.15, 0.2) is 6.61 Å². The Morgan fingerprint density at radius 1 is 1.28 bits per heavy atom. The number of hydrogen-bond donors (Lipinski definition) is 1. The van der Waals surface area contributed by atoms with Crippen LogP contribution in [0.5, 0.6) is 0 Å². The van der Waals surface area contributed by atoms with E-state index in [9.17, 15) is 9.59 Å². The average molecular weight is 340 g/mol. The average Bonchev–Trinajstić information content (AvgIpc) is 3.16. The lowest BCUT2D eigenvalue weighted by Gasteiger charge is -2.06. The Morgan fingerprint density at radius 2 is 2.04 bits per heavy atom. The lowest BCUT2D eigenvalue weighted by molar-refractivity contribution is -0.119. The van der Waals surface area contributed by atoms with Crippen LogP contribution in [0.1, 0.15) is 38.4 Å². The van der Waals surface area contributed by atoms with Crippen LogP contribution >= 0.6 is 0 Å². The molecule has 3 rings (SSSR count). The van der Waals surface area contributed by atoms with Gasteiger partial charge in [-0.15, -0.1) is 0 Å². The number of ether oxygens (including phenoxy) is 2. The smallest absolute Gasteiger partial charge is 0.338 e. The van der Waals surface area contributed by atoms with Crippen molar-refractivity contribution in [2.75, 3.05) is 11.9 Å². The number of carbonyl (C=O) groups excluding carboxylic acids is 2. The molecule has 0 fully saturated rings. The normalized spacial score (nSPS) is 12.4. The zero-order valence-electron chi connectivity index (χ0n) is 13.8. The monoisotopic (exact) mass is 340 g/mol. The van der Waals surface area contributed by atoms with Crippen LogP contribution in [0.2, 0.25) is 0 Å². The molecular formula is C18H16N2O5. The van der Waals surface area contributed by atoms with Crippen LogP contribution in [0, 0.1) is 25.2 Å². The molecule has 0 atom stereocenters. The Kier molecular flexibility index (Phi) is 4.55. The van der Waals surface area contributed by atoms with E-state index in [0.717, 1.165) is 11.1 Å². The molecule has 1 aromatic heterocycles. The van der Waals surface area contributed by atoms with Gasteiger partial charge in [0.2, 0.25) is 5.88 Å². The third-order valence-corrected chi connectivity index (χ3v) is 4.04. The summed E-state index contributed by atoms with van der Waals surface area (Å²) in [5.41, 5.74) is 3.27. The molecule has 0 saturated heterocycles. The molecule has 1 aliphatic rings. The Balaban J connectivity index is 1.60. The molecule has 128 valence electrons. The second kappa shape index (κ2) is 6.79. The van der Waals surface area contributed by atoms with Gasteiger partial charge in [0, 0.05) is 5.56 Å². The van der Waals surface area contributed by atoms with E-state index in [0.29, 0.717) is 30.1 Å². The number of fused-ring (bicyclic) bond motifs is 1. The quantitative estimate of drug-likeness (QED) is 0.858. The second-order valence-corrected chi connectivity index (χ2v) is 5.70. The number of hydrogen-bond acceptors (Lipinski definition) is 6. The zero-order chi connectivity index (χ0) is 18.0. The maximum absolute atomic E-state index is 12.1. The number of nitrogens with zero attached hydrogens (tertiary/aromatic N) is 1. The van der Waals surface area contributed by atoms with Gasteiger partial charge in [-0.2, -0.15) is 5.26 Å². The van der Waals surface area contributed by atoms with Crippen molar-refractivity contribution in [3.05, 3.63) is 51.8 Å². The highest BCUT2D eigenvalue weighted by Crippen LogP contribution is 2.25. The van der Waals surface area contributed by atoms with Crippen molar-refractivity contribution >= 4 is 17.8 Å². The van der Waals surface area contributed by atoms with Crippen LogP contribution in [-0.2, 0) is 27.5 Å². The topological polar surface area (TPSA) is 102 Å². The van der Waals surface area contributed by atoms with Gasteiger partial charge in [-0.05, 0) is 37.1 Å². The molecule has 2 aromatic rings. The predicted molar refractivity (Wildman–Crippen MR) is 86.7 cm³/mol. The van der Waals surface area contributed by atoms with Crippen LogP contribution in [0.3, 0.4) is 0 Å². The Hall–Kier alpha value is -3.11. The van der Waals surface area contributed by atoms with E-state index >= 15 is 0 Å². The number of furan rings is 1. The second-order valence-electron chi connectivity index (χ2n) is 5.70. The number of benzene rings is 1. The third-order valence-electron chi connectivity index (χ3n) is 4.04. The molecule has 1 aromatic carbocycles. The number of esters is 1. The van der Waals surface area contributed by atoms with Gasteiger partial charge >= 0.3 is 5.97 Å². The van der Waals surface area contributed by atoms with Gasteiger partial charge in [-0.1, -0.05) is 6.07 Å². The summed E-state index contributed by atoms with van der Waals surface area (Å²) >= 11 is 0. The molecule has 1 N–H and O–H groups in total. The number of nitrogens with one attached hydrogen (secondary N) is 1. The van der Waals surface area contributed by atoms with E-state index in [1.54, 1.807) is 26.0 Å². The number of anilines is 1.